The molecule has 0 aromatic heterocycles. The minimum absolute atomic E-state index is 0.00176. The molecule has 1 aliphatic rings. The molecular weight excluding hydrogens is 231 g/mol. The Labute approximate surface area is 107 Å². The molecule has 18 heavy (non-hydrogen) atoms. The largest absolute Gasteiger partial charge is 0.323 e. The van der Waals surface area contributed by atoms with Gasteiger partial charge in [0.25, 0.3) is 0 Å². The van der Waals surface area contributed by atoms with E-state index in [1.165, 1.54) is 6.07 Å². The summed E-state index contributed by atoms with van der Waals surface area (Å²) in [6.07, 6.45) is 1.69. The predicted octanol–water partition coefficient (Wildman–Crippen LogP) is 2.41. The smallest absolute Gasteiger partial charge is 0.227 e. The van der Waals surface area contributed by atoms with E-state index in [4.69, 9.17) is 0 Å². The number of hydrogen-bond donors (Lipinski definition) is 1. The summed E-state index contributed by atoms with van der Waals surface area (Å²) in [6.45, 7) is 3.68. The normalized spacial score (nSPS) is 17.7. The van der Waals surface area contributed by atoms with Crippen molar-refractivity contribution in [2.24, 2.45) is 5.92 Å². The van der Waals surface area contributed by atoms with Gasteiger partial charge in [-0.05, 0) is 57.6 Å². The van der Waals surface area contributed by atoms with Gasteiger partial charge in [-0.2, -0.15) is 0 Å². The lowest BCUT2D eigenvalue weighted by Crippen LogP contribution is -2.36. The molecular formula is C14H19FN2O. The quantitative estimate of drug-likeness (QED) is 0.874. The molecule has 1 saturated heterocycles. The Hall–Kier alpha value is -1.42. The van der Waals surface area contributed by atoms with E-state index < -0.39 is 0 Å². The number of hydrogen-bond acceptors (Lipinski definition) is 2. The minimum atomic E-state index is -0.365. The van der Waals surface area contributed by atoms with E-state index in [1.807, 2.05) is 14.0 Å². The molecule has 1 aromatic rings. The lowest BCUT2D eigenvalue weighted by Gasteiger charge is -2.28. The summed E-state index contributed by atoms with van der Waals surface area (Å²) in [6, 6.07) is 4.86. The number of nitrogens with one attached hydrogen (secondary N) is 1. The Morgan fingerprint density at radius 1 is 1.39 bits per heavy atom. The monoisotopic (exact) mass is 250 g/mol. The number of carbonyl (C=O) groups is 1. The van der Waals surface area contributed by atoms with E-state index in [0.29, 0.717) is 0 Å². The number of rotatable bonds is 2. The van der Waals surface area contributed by atoms with Gasteiger partial charge in [0, 0.05) is 5.92 Å². The van der Waals surface area contributed by atoms with Crippen molar-refractivity contribution in [1.82, 2.24) is 4.90 Å². The summed E-state index contributed by atoms with van der Waals surface area (Å²) in [5.41, 5.74) is 1.13. The van der Waals surface area contributed by atoms with Gasteiger partial charge >= 0.3 is 0 Å². The average molecular weight is 250 g/mol. The van der Waals surface area contributed by atoms with E-state index in [2.05, 4.69) is 10.2 Å². The van der Waals surface area contributed by atoms with Crippen molar-refractivity contribution < 1.29 is 9.18 Å². The fourth-order valence-corrected chi connectivity index (χ4v) is 2.23. The molecule has 0 atom stereocenters. The molecule has 1 heterocycles. The van der Waals surface area contributed by atoms with Crippen molar-refractivity contribution in [1.29, 1.82) is 0 Å². The Balaban J connectivity index is 1.98. The van der Waals surface area contributed by atoms with Gasteiger partial charge in [0.05, 0.1) is 5.69 Å². The second kappa shape index (κ2) is 5.48. The summed E-state index contributed by atoms with van der Waals surface area (Å²) >= 11 is 0. The van der Waals surface area contributed by atoms with E-state index >= 15 is 0 Å². The number of aryl methyl sites for hydroxylation is 1. The summed E-state index contributed by atoms with van der Waals surface area (Å²) in [5.74, 6) is -0.427. The van der Waals surface area contributed by atoms with Crippen molar-refractivity contribution in [3.8, 4) is 0 Å². The van der Waals surface area contributed by atoms with Gasteiger partial charge in [0.2, 0.25) is 5.91 Å². The van der Waals surface area contributed by atoms with Gasteiger partial charge in [-0.15, -0.1) is 0 Å². The first-order valence-electron chi connectivity index (χ1n) is 6.32. The standard InChI is InChI=1S/C14H19FN2O/c1-10-3-4-13(12(15)9-10)16-14(18)11-5-7-17(2)8-6-11/h3-4,9,11H,5-8H2,1-2H3,(H,16,18). The second-order valence-corrected chi connectivity index (χ2v) is 5.05. The zero-order chi connectivity index (χ0) is 13.1. The maximum Gasteiger partial charge on any atom is 0.227 e. The van der Waals surface area contributed by atoms with Crippen molar-refractivity contribution >= 4 is 11.6 Å². The first-order valence-corrected chi connectivity index (χ1v) is 6.32. The van der Waals surface area contributed by atoms with Crippen LogP contribution < -0.4 is 5.32 Å². The molecule has 0 aliphatic carbocycles. The van der Waals surface area contributed by atoms with Crippen LogP contribution in [0.5, 0.6) is 0 Å². The summed E-state index contributed by atoms with van der Waals surface area (Å²) in [5, 5.41) is 2.69. The molecule has 0 saturated carbocycles. The van der Waals surface area contributed by atoms with Crippen molar-refractivity contribution in [3.05, 3.63) is 29.6 Å². The number of anilines is 1. The predicted molar refractivity (Wildman–Crippen MR) is 70.0 cm³/mol. The van der Waals surface area contributed by atoms with Crippen molar-refractivity contribution in [2.45, 2.75) is 19.8 Å². The molecule has 1 fully saturated rings. The molecule has 0 spiro atoms. The highest BCUT2D eigenvalue weighted by atomic mass is 19.1. The van der Waals surface area contributed by atoms with E-state index in [-0.39, 0.29) is 23.3 Å². The number of nitrogens with zero attached hydrogens (tertiary/aromatic N) is 1. The van der Waals surface area contributed by atoms with Crippen LogP contribution in [0.3, 0.4) is 0 Å². The van der Waals surface area contributed by atoms with Crippen LogP contribution >= 0.6 is 0 Å². The zero-order valence-electron chi connectivity index (χ0n) is 10.9. The third kappa shape index (κ3) is 3.07. The van der Waals surface area contributed by atoms with Gasteiger partial charge in [-0.3, -0.25) is 4.79 Å². The molecule has 1 amide bonds. The van der Waals surface area contributed by atoms with Crippen molar-refractivity contribution in [3.63, 3.8) is 0 Å². The zero-order valence-corrected chi connectivity index (χ0v) is 10.9. The molecule has 1 aliphatic heterocycles. The third-order valence-corrected chi connectivity index (χ3v) is 3.47. The van der Waals surface area contributed by atoms with Crippen LogP contribution in [0.2, 0.25) is 0 Å². The lowest BCUT2D eigenvalue weighted by molar-refractivity contribution is -0.121. The second-order valence-electron chi connectivity index (χ2n) is 5.05. The first-order chi connectivity index (χ1) is 8.56. The number of likely N-dealkylation sites (tertiary alicyclic amines) is 1. The molecule has 1 aromatic carbocycles. The summed E-state index contributed by atoms with van der Waals surface area (Å²) in [4.78, 5) is 14.2. The fraction of sp³-hybridized carbons (Fsp3) is 0.500. The fourth-order valence-electron chi connectivity index (χ4n) is 2.23. The van der Waals surface area contributed by atoms with E-state index in [9.17, 15) is 9.18 Å². The highest BCUT2D eigenvalue weighted by Gasteiger charge is 2.23. The molecule has 0 radical (unpaired) electrons. The van der Waals surface area contributed by atoms with Gasteiger partial charge in [-0.1, -0.05) is 6.07 Å². The molecule has 2 rings (SSSR count). The Bertz CT molecular complexity index is 439. The summed E-state index contributed by atoms with van der Waals surface area (Å²) in [7, 11) is 2.05. The van der Waals surface area contributed by atoms with E-state index in [0.717, 1.165) is 31.5 Å². The highest BCUT2D eigenvalue weighted by molar-refractivity contribution is 5.92. The molecule has 3 nitrogen and oxygen atoms in total. The van der Waals surface area contributed by atoms with E-state index in [1.54, 1.807) is 12.1 Å². The Morgan fingerprint density at radius 3 is 2.67 bits per heavy atom. The maximum absolute atomic E-state index is 13.6. The topological polar surface area (TPSA) is 32.3 Å². The van der Waals surface area contributed by atoms with Crippen LogP contribution in [0.25, 0.3) is 0 Å². The number of carbonyl (C=O) groups excluding carboxylic acids is 1. The average Bonchev–Trinajstić information content (AvgIpc) is 2.33. The number of piperidine rings is 1. The Morgan fingerprint density at radius 2 is 2.06 bits per heavy atom. The minimum Gasteiger partial charge on any atom is -0.323 e. The van der Waals surface area contributed by atoms with Crippen molar-refractivity contribution in [2.75, 3.05) is 25.5 Å². The molecule has 0 unspecified atom stereocenters. The maximum atomic E-state index is 13.6. The SMILES string of the molecule is Cc1ccc(NC(=O)C2CCN(C)CC2)c(F)c1. The highest BCUT2D eigenvalue weighted by Crippen LogP contribution is 2.20. The molecule has 1 N–H and O–H groups in total. The van der Waals surface area contributed by atoms with Crippen LogP contribution in [0.1, 0.15) is 18.4 Å². The van der Waals surface area contributed by atoms with Gasteiger partial charge in [-0.25, -0.2) is 4.39 Å². The van der Waals surface area contributed by atoms with Crippen LogP contribution in [0.4, 0.5) is 10.1 Å². The number of benzene rings is 1. The molecule has 98 valence electrons. The van der Waals surface area contributed by atoms with Gasteiger partial charge in [0.1, 0.15) is 5.82 Å². The number of amides is 1. The molecule has 0 bridgehead atoms. The van der Waals surface area contributed by atoms with Gasteiger partial charge in [0.15, 0.2) is 0 Å². The van der Waals surface area contributed by atoms with Crippen LogP contribution in [-0.2, 0) is 4.79 Å². The third-order valence-electron chi connectivity index (χ3n) is 3.47. The first kappa shape index (κ1) is 13.0. The van der Waals surface area contributed by atoms with Gasteiger partial charge < -0.3 is 10.2 Å². The molecule has 4 heteroatoms. The van der Waals surface area contributed by atoms with Crippen LogP contribution in [0.15, 0.2) is 18.2 Å². The number of halogens is 1. The van der Waals surface area contributed by atoms with Crippen LogP contribution in [0, 0.1) is 18.7 Å². The van der Waals surface area contributed by atoms with Crippen LogP contribution in [-0.4, -0.2) is 30.9 Å². The summed E-state index contributed by atoms with van der Waals surface area (Å²) < 4.78 is 13.6. The Kier molecular flexibility index (Phi) is 3.97. The lowest BCUT2D eigenvalue weighted by atomic mass is 9.96.